The van der Waals surface area contributed by atoms with Gasteiger partial charge in [0.1, 0.15) is 0 Å². The van der Waals surface area contributed by atoms with Crippen molar-refractivity contribution in [2.45, 2.75) is 33.1 Å². The number of nitrogens with zero attached hydrogens (tertiary/aromatic N) is 1. The average molecular weight is 304 g/mol. The molecular formula is C17H28N4O. The van der Waals surface area contributed by atoms with Gasteiger partial charge in [-0.1, -0.05) is 37.5 Å². The standard InChI is InChI=1S/C17H28N4O/c1-4-5-6-10-20-17(18-3)21-12-11-19-16(22)15-9-7-8-14(2)13-15/h7-9,13H,4-6,10-12H2,1-3H3,(H,19,22)(H2,18,20,21). The number of benzene rings is 1. The van der Waals surface area contributed by atoms with Crippen LogP contribution in [0.3, 0.4) is 0 Å². The van der Waals surface area contributed by atoms with Crippen LogP contribution in [-0.4, -0.2) is 38.5 Å². The smallest absolute Gasteiger partial charge is 0.251 e. The maximum atomic E-state index is 12.0. The molecule has 1 rings (SSSR count). The fourth-order valence-electron chi connectivity index (χ4n) is 2.05. The Morgan fingerprint density at radius 2 is 1.82 bits per heavy atom. The van der Waals surface area contributed by atoms with Crippen LogP contribution in [0.1, 0.15) is 42.1 Å². The zero-order chi connectivity index (χ0) is 16.2. The summed E-state index contributed by atoms with van der Waals surface area (Å²) in [4.78, 5) is 16.1. The van der Waals surface area contributed by atoms with Gasteiger partial charge >= 0.3 is 0 Å². The highest BCUT2D eigenvalue weighted by molar-refractivity contribution is 5.94. The van der Waals surface area contributed by atoms with Crippen molar-refractivity contribution in [3.05, 3.63) is 35.4 Å². The number of carbonyl (C=O) groups excluding carboxylic acids is 1. The fraction of sp³-hybridized carbons (Fsp3) is 0.529. The Morgan fingerprint density at radius 3 is 2.50 bits per heavy atom. The maximum absolute atomic E-state index is 12.0. The first kappa shape index (κ1) is 18.0. The lowest BCUT2D eigenvalue weighted by Gasteiger charge is -2.12. The normalized spacial score (nSPS) is 11.1. The molecule has 0 unspecified atom stereocenters. The molecule has 0 fully saturated rings. The summed E-state index contributed by atoms with van der Waals surface area (Å²) >= 11 is 0. The van der Waals surface area contributed by atoms with Gasteiger partial charge in [-0.15, -0.1) is 0 Å². The minimum absolute atomic E-state index is 0.0450. The van der Waals surface area contributed by atoms with Crippen LogP contribution in [0.4, 0.5) is 0 Å². The quantitative estimate of drug-likeness (QED) is 0.391. The summed E-state index contributed by atoms with van der Waals surface area (Å²) in [6.45, 7) is 6.28. The monoisotopic (exact) mass is 304 g/mol. The van der Waals surface area contributed by atoms with E-state index in [1.54, 1.807) is 7.05 Å². The zero-order valence-corrected chi connectivity index (χ0v) is 13.9. The van der Waals surface area contributed by atoms with E-state index in [1.165, 1.54) is 12.8 Å². The molecule has 3 N–H and O–H groups in total. The van der Waals surface area contributed by atoms with Gasteiger partial charge in [-0.3, -0.25) is 9.79 Å². The third-order valence-electron chi connectivity index (χ3n) is 3.28. The van der Waals surface area contributed by atoms with Crippen LogP contribution in [0.15, 0.2) is 29.3 Å². The summed E-state index contributed by atoms with van der Waals surface area (Å²) < 4.78 is 0. The first-order valence-electron chi connectivity index (χ1n) is 7.96. The minimum Gasteiger partial charge on any atom is -0.356 e. The van der Waals surface area contributed by atoms with Crippen LogP contribution in [0.5, 0.6) is 0 Å². The summed E-state index contributed by atoms with van der Waals surface area (Å²) in [7, 11) is 1.75. The Hall–Kier alpha value is -2.04. The predicted molar refractivity (Wildman–Crippen MR) is 92.4 cm³/mol. The molecule has 22 heavy (non-hydrogen) atoms. The van der Waals surface area contributed by atoms with Gasteiger partial charge in [-0.25, -0.2) is 0 Å². The first-order valence-corrected chi connectivity index (χ1v) is 7.96. The van der Waals surface area contributed by atoms with E-state index in [1.807, 2.05) is 31.2 Å². The summed E-state index contributed by atoms with van der Waals surface area (Å²) in [5, 5.41) is 9.34. The van der Waals surface area contributed by atoms with Crippen molar-refractivity contribution in [1.29, 1.82) is 0 Å². The van der Waals surface area contributed by atoms with Crippen LogP contribution in [0.25, 0.3) is 0 Å². The van der Waals surface area contributed by atoms with Crippen LogP contribution >= 0.6 is 0 Å². The maximum Gasteiger partial charge on any atom is 0.251 e. The van der Waals surface area contributed by atoms with E-state index in [2.05, 4.69) is 27.9 Å². The number of guanidine groups is 1. The molecule has 0 aliphatic carbocycles. The Kier molecular flexibility index (Phi) is 8.72. The van der Waals surface area contributed by atoms with E-state index in [0.717, 1.165) is 24.5 Å². The van der Waals surface area contributed by atoms with Gasteiger partial charge < -0.3 is 16.0 Å². The first-order chi connectivity index (χ1) is 10.7. The molecule has 0 aliphatic rings. The number of amides is 1. The van der Waals surface area contributed by atoms with E-state index in [-0.39, 0.29) is 5.91 Å². The molecule has 1 aromatic rings. The van der Waals surface area contributed by atoms with Crippen molar-refractivity contribution in [2.75, 3.05) is 26.7 Å². The van der Waals surface area contributed by atoms with Gasteiger partial charge in [-0.2, -0.15) is 0 Å². The zero-order valence-electron chi connectivity index (χ0n) is 13.9. The highest BCUT2D eigenvalue weighted by Gasteiger charge is 2.04. The third-order valence-corrected chi connectivity index (χ3v) is 3.28. The molecule has 0 saturated heterocycles. The van der Waals surface area contributed by atoms with Gasteiger partial charge in [0.05, 0.1) is 0 Å². The number of aliphatic imine (C=N–C) groups is 1. The molecule has 0 heterocycles. The lowest BCUT2D eigenvalue weighted by atomic mass is 10.1. The second-order valence-electron chi connectivity index (χ2n) is 5.26. The molecule has 1 amide bonds. The van der Waals surface area contributed by atoms with E-state index in [0.29, 0.717) is 18.7 Å². The Balaban J connectivity index is 2.22. The minimum atomic E-state index is -0.0450. The van der Waals surface area contributed by atoms with E-state index in [9.17, 15) is 4.79 Å². The highest BCUT2D eigenvalue weighted by atomic mass is 16.1. The summed E-state index contributed by atoms with van der Waals surface area (Å²) in [5.41, 5.74) is 1.78. The van der Waals surface area contributed by atoms with Gasteiger partial charge in [0.2, 0.25) is 0 Å². The van der Waals surface area contributed by atoms with Gasteiger partial charge in [-0.05, 0) is 25.5 Å². The fourth-order valence-corrected chi connectivity index (χ4v) is 2.05. The largest absolute Gasteiger partial charge is 0.356 e. The highest BCUT2D eigenvalue weighted by Crippen LogP contribution is 2.03. The number of rotatable bonds is 8. The second-order valence-corrected chi connectivity index (χ2v) is 5.26. The average Bonchev–Trinajstić information content (AvgIpc) is 2.53. The molecule has 5 nitrogen and oxygen atoms in total. The van der Waals surface area contributed by atoms with E-state index >= 15 is 0 Å². The van der Waals surface area contributed by atoms with Crippen molar-refractivity contribution in [1.82, 2.24) is 16.0 Å². The Morgan fingerprint density at radius 1 is 1.09 bits per heavy atom. The van der Waals surface area contributed by atoms with Crippen molar-refractivity contribution >= 4 is 11.9 Å². The Bertz CT molecular complexity index is 485. The summed E-state index contributed by atoms with van der Waals surface area (Å²) in [5.74, 6) is 0.734. The van der Waals surface area contributed by atoms with Crippen molar-refractivity contribution < 1.29 is 4.79 Å². The molecule has 1 aromatic carbocycles. The van der Waals surface area contributed by atoms with E-state index in [4.69, 9.17) is 0 Å². The predicted octanol–water partition coefficient (Wildman–Crippen LogP) is 2.08. The molecule has 5 heteroatoms. The van der Waals surface area contributed by atoms with Gasteiger partial charge in [0.15, 0.2) is 5.96 Å². The number of unbranched alkanes of at least 4 members (excludes halogenated alkanes) is 2. The lowest BCUT2D eigenvalue weighted by Crippen LogP contribution is -2.41. The number of carbonyl (C=O) groups is 1. The number of hydrogen-bond donors (Lipinski definition) is 3. The van der Waals surface area contributed by atoms with Crippen molar-refractivity contribution in [3.8, 4) is 0 Å². The number of hydrogen-bond acceptors (Lipinski definition) is 2. The van der Waals surface area contributed by atoms with Crippen LogP contribution in [0, 0.1) is 6.92 Å². The van der Waals surface area contributed by atoms with Crippen molar-refractivity contribution in [2.24, 2.45) is 4.99 Å². The Labute approximate surface area is 133 Å². The molecule has 0 saturated carbocycles. The summed E-state index contributed by atoms with van der Waals surface area (Å²) in [6.07, 6.45) is 3.57. The van der Waals surface area contributed by atoms with Crippen molar-refractivity contribution in [3.63, 3.8) is 0 Å². The molecule has 122 valence electrons. The van der Waals surface area contributed by atoms with Crippen LogP contribution < -0.4 is 16.0 Å². The SMILES string of the molecule is CCCCCNC(=NC)NCCNC(=O)c1cccc(C)c1. The summed E-state index contributed by atoms with van der Waals surface area (Å²) in [6, 6.07) is 7.58. The van der Waals surface area contributed by atoms with Gasteiger partial charge in [0, 0.05) is 32.2 Å². The molecule has 0 aromatic heterocycles. The molecule has 0 atom stereocenters. The molecular weight excluding hydrogens is 276 g/mol. The molecule has 0 aliphatic heterocycles. The molecule has 0 spiro atoms. The third kappa shape index (κ3) is 7.11. The van der Waals surface area contributed by atoms with Gasteiger partial charge in [0.25, 0.3) is 5.91 Å². The van der Waals surface area contributed by atoms with E-state index < -0.39 is 0 Å². The number of nitrogens with one attached hydrogen (secondary N) is 3. The molecule has 0 radical (unpaired) electrons. The molecule has 0 bridgehead atoms. The van der Waals surface area contributed by atoms with Crippen LogP contribution in [0.2, 0.25) is 0 Å². The van der Waals surface area contributed by atoms with Crippen LogP contribution in [-0.2, 0) is 0 Å². The number of aryl methyl sites for hydroxylation is 1. The lowest BCUT2D eigenvalue weighted by molar-refractivity contribution is 0.0954. The topological polar surface area (TPSA) is 65.5 Å². The second kappa shape index (κ2) is 10.7.